The number of carbonyl (C=O) groups excluding carboxylic acids is 1. The molecule has 0 saturated heterocycles. The lowest BCUT2D eigenvalue weighted by atomic mass is 10.0. The first-order valence-corrected chi connectivity index (χ1v) is 6.10. The summed E-state index contributed by atoms with van der Waals surface area (Å²) in [6, 6.07) is 11.5. The van der Waals surface area contributed by atoms with Gasteiger partial charge in [-0.3, -0.25) is 4.79 Å². The Morgan fingerprint density at radius 1 is 1.39 bits per heavy atom. The van der Waals surface area contributed by atoms with Crippen LogP contribution in [0.1, 0.15) is 12.5 Å². The normalized spacial score (nSPS) is 9.78. The molecule has 0 spiro atoms. The molecule has 2 rings (SSSR count). The Hall–Kier alpha value is -2.32. The highest BCUT2D eigenvalue weighted by Gasteiger charge is 2.18. The molecule has 5 heteroatoms. The fourth-order valence-electron chi connectivity index (χ4n) is 1.69. The Labute approximate surface area is 109 Å². The second kappa shape index (κ2) is 4.90. The van der Waals surface area contributed by atoms with Crippen LogP contribution in [0.2, 0.25) is 0 Å². The molecule has 0 fully saturated rings. The lowest BCUT2D eigenvalue weighted by Crippen LogP contribution is -2.05. The van der Waals surface area contributed by atoms with Crippen LogP contribution in [-0.4, -0.2) is 5.91 Å². The summed E-state index contributed by atoms with van der Waals surface area (Å²) in [5, 5.41) is 12.9. The quantitative estimate of drug-likeness (QED) is 0.868. The summed E-state index contributed by atoms with van der Waals surface area (Å²) in [6.07, 6.45) is 0. The van der Waals surface area contributed by atoms with E-state index in [1.807, 2.05) is 30.3 Å². The van der Waals surface area contributed by atoms with E-state index in [0.29, 0.717) is 21.1 Å². The van der Waals surface area contributed by atoms with Gasteiger partial charge in [0, 0.05) is 12.5 Å². The molecule has 0 bridgehead atoms. The molecule has 0 atom stereocenters. The van der Waals surface area contributed by atoms with Gasteiger partial charge in [-0.2, -0.15) is 5.26 Å². The van der Waals surface area contributed by atoms with Gasteiger partial charge in [0.25, 0.3) is 0 Å². The smallest absolute Gasteiger partial charge is 0.221 e. The second-order valence-electron chi connectivity index (χ2n) is 3.70. The van der Waals surface area contributed by atoms with E-state index >= 15 is 0 Å². The molecular weight excluding hydrogens is 246 g/mol. The molecule has 1 aromatic heterocycles. The topological polar surface area (TPSA) is 78.9 Å². The number of nitriles is 1. The van der Waals surface area contributed by atoms with Crippen LogP contribution in [-0.2, 0) is 4.79 Å². The molecule has 2 aromatic rings. The molecular formula is C13H11N3OS. The molecule has 0 saturated carbocycles. The van der Waals surface area contributed by atoms with Gasteiger partial charge in [-0.25, -0.2) is 0 Å². The van der Waals surface area contributed by atoms with Gasteiger partial charge in [-0.15, -0.1) is 0 Å². The van der Waals surface area contributed by atoms with Gasteiger partial charge in [-0.05, 0) is 5.56 Å². The lowest BCUT2D eigenvalue weighted by Gasteiger charge is -2.01. The predicted octanol–water partition coefficient (Wildman–Crippen LogP) is 2.83. The Balaban J connectivity index is 2.59. The fraction of sp³-hybridized carbons (Fsp3) is 0.0769. The lowest BCUT2D eigenvalue weighted by molar-refractivity contribution is -0.114. The zero-order chi connectivity index (χ0) is 13.1. The van der Waals surface area contributed by atoms with E-state index in [1.165, 1.54) is 18.3 Å². The zero-order valence-corrected chi connectivity index (χ0v) is 10.5. The zero-order valence-electron chi connectivity index (χ0n) is 9.73. The minimum Gasteiger partial charge on any atom is -0.390 e. The number of hydrogen-bond acceptors (Lipinski definition) is 4. The molecule has 0 aliphatic heterocycles. The average Bonchev–Trinajstić information content (AvgIpc) is 2.65. The standard InChI is InChI=1S/C13H11N3OS/c1-8(17)16-13-10(7-14)11(12(15)18-13)9-5-3-2-4-6-9/h2-6H,15H2,1H3,(H,16,17). The Morgan fingerprint density at radius 3 is 2.61 bits per heavy atom. The number of rotatable bonds is 2. The maximum Gasteiger partial charge on any atom is 0.221 e. The molecule has 1 amide bonds. The summed E-state index contributed by atoms with van der Waals surface area (Å²) >= 11 is 1.21. The summed E-state index contributed by atoms with van der Waals surface area (Å²) in [5.74, 6) is -0.215. The van der Waals surface area contributed by atoms with Crippen molar-refractivity contribution in [3.05, 3.63) is 35.9 Å². The van der Waals surface area contributed by atoms with Crippen LogP contribution in [0.4, 0.5) is 10.0 Å². The van der Waals surface area contributed by atoms with Crippen LogP contribution in [0.5, 0.6) is 0 Å². The first kappa shape index (κ1) is 12.1. The predicted molar refractivity (Wildman–Crippen MR) is 73.2 cm³/mol. The van der Waals surface area contributed by atoms with Crippen molar-refractivity contribution in [2.75, 3.05) is 11.1 Å². The van der Waals surface area contributed by atoms with E-state index in [2.05, 4.69) is 11.4 Å². The average molecular weight is 257 g/mol. The van der Waals surface area contributed by atoms with Crippen molar-refractivity contribution >= 4 is 27.2 Å². The number of benzene rings is 1. The van der Waals surface area contributed by atoms with Crippen LogP contribution < -0.4 is 11.1 Å². The number of nitrogens with one attached hydrogen (secondary N) is 1. The van der Waals surface area contributed by atoms with E-state index in [-0.39, 0.29) is 5.91 Å². The van der Waals surface area contributed by atoms with Crippen LogP contribution in [0.15, 0.2) is 30.3 Å². The first-order chi connectivity index (χ1) is 8.63. The number of thiophene rings is 1. The Bertz CT molecular complexity index is 626. The van der Waals surface area contributed by atoms with Crippen molar-refractivity contribution < 1.29 is 4.79 Å². The van der Waals surface area contributed by atoms with Crippen molar-refractivity contribution in [3.63, 3.8) is 0 Å². The maximum atomic E-state index is 11.1. The first-order valence-electron chi connectivity index (χ1n) is 5.29. The largest absolute Gasteiger partial charge is 0.390 e. The minimum atomic E-state index is -0.215. The van der Waals surface area contributed by atoms with E-state index < -0.39 is 0 Å². The number of nitrogens with zero attached hydrogens (tertiary/aromatic N) is 1. The molecule has 0 aliphatic carbocycles. The Kier molecular flexibility index (Phi) is 3.31. The number of carbonyl (C=O) groups is 1. The molecule has 0 unspecified atom stereocenters. The van der Waals surface area contributed by atoms with Crippen LogP contribution in [0.25, 0.3) is 11.1 Å². The van der Waals surface area contributed by atoms with E-state index in [0.717, 1.165) is 5.56 Å². The summed E-state index contributed by atoms with van der Waals surface area (Å²) in [5.41, 5.74) is 7.92. The molecule has 0 aliphatic rings. The monoisotopic (exact) mass is 257 g/mol. The number of anilines is 2. The number of amides is 1. The van der Waals surface area contributed by atoms with Gasteiger partial charge < -0.3 is 11.1 Å². The third kappa shape index (κ3) is 2.19. The second-order valence-corrected chi connectivity index (χ2v) is 4.76. The number of nitrogen functional groups attached to an aromatic ring is 1. The van der Waals surface area contributed by atoms with Gasteiger partial charge in [0.05, 0.1) is 10.6 Å². The third-order valence-corrected chi connectivity index (χ3v) is 3.33. The highest BCUT2D eigenvalue weighted by Crippen LogP contribution is 2.41. The summed E-state index contributed by atoms with van der Waals surface area (Å²) in [7, 11) is 0. The van der Waals surface area contributed by atoms with Gasteiger partial charge in [0.15, 0.2) is 0 Å². The molecule has 1 aromatic carbocycles. The van der Waals surface area contributed by atoms with Gasteiger partial charge in [0.2, 0.25) is 5.91 Å². The molecule has 4 nitrogen and oxygen atoms in total. The summed E-state index contributed by atoms with van der Waals surface area (Å²) in [6.45, 7) is 1.40. The SMILES string of the molecule is CC(=O)Nc1sc(N)c(-c2ccccc2)c1C#N. The minimum absolute atomic E-state index is 0.215. The van der Waals surface area contributed by atoms with Crippen LogP contribution in [0.3, 0.4) is 0 Å². The van der Waals surface area contributed by atoms with E-state index in [4.69, 9.17) is 5.73 Å². The van der Waals surface area contributed by atoms with Crippen LogP contribution >= 0.6 is 11.3 Å². The summed E-state index contributed by atoms with van der Waals surface area (Å²) < 4.78 is 0. The van der Waals surface area contributed by atoms with Crippen molar-refractivity contribution in [1.29, 1.82) is 5.26 Å². The van der Waals surface area contributed by atoms with Gasteiger partial charge in [0.1, 0.15) is 11.1 Å². The molecule has 18 heavy (non-hydrogen) atoms. The van der Waals surface area contributed by atoms with E-state index in [1.54, 1.807) is 0 Å². The number of nitrogens with two attached hydrogens (primary N) is 1. The van der Waals surface area contributed by atoms with Crippen molar-refractivity contribution in [2.24, 2.45) is 0 Å². The molecule has 3 N–H and O–H groups in total. The highest BCUT2D eigenvalue weighted by atomic mass is 32.1. The highest BCUT2D eigenvalue weighted by molar-refractivity contribution is 7.20. The van der Waals surface area contributed by atoms with Crippen molar-refractivity contribution in [1.82, 2.24) is 0 Å². The Morgan fingerprint density at radius 2 is 2.06 bits per heavy atom. The van der Waals surface area contributed by atoms with Crippen molar-refractivity contribution in [3.8, 4) is 17.2 Å². The van der Waals surface area contributed by atoms with Gasteiger partial charge in [-0.1, -0.05) is 41.7 Å². The third-order valence-electron chi connectivity index (χ3n) is 2.40. The molecule has 1 heterocycles. The number of hydrogen-bond donors (Lipinski definition) is 2. The van der Waals surface area contributed by atoms with Crippen LogP contribution in [0, 0.1) is 11.3 Å². The van der Waals surface area contributed by atoms with Crippen molar-refractivity contribution in [2.45, 2.75) is 6.92 Å². The van der Waals surface area contributed by atoms with Gasteiger partial charge >= 0.3 is 0 Å². The molecule has 0 radical (unpaired) electrons. The van der Waals surface area contributed by atoms with E-state index in [9.17, 15) is 10.1 Å². The summed E-state index contributed by atoms with van der Waals surface area (Å²) in [4.78, 5) is 11.1. The maximum absolute atomic E-state index is 11.1. The molecule has 90 valence electrons. The fourth-order valence-corrected chi connectivity index (χ4v) is 2.68.